The fourth-order valence-corrected chi connectivity index (χ4v) is 4.39. The molecule has 1 aliphatic carbocycles. The normalized spacial score (nSPS) is 23.3. The third-order valence-corrected chi connectivity index (χ3v) is 5.83. The number of carbonyl (C=O) groups is 2. The van der Waals surface area contributed by atoms with Gasteiger partial charge in [0, 0.05) is 18.1 Å². The minimum absolute atomic E-state index is 0.0317. The SMILES string of the molecule is CCCCOC(=O)C1CSC(Cc2ccccc2)N1C(=O)C1CC1. The van der Waals surface area contributed by atoms with Crippen molar-refractivity contribution in [1.29, 1.82) is 0 Å². The van der Waals surface area contributed by atoms with Crippen LogP contribution in [0.2, 0.25) is 0 Å². The summed E-state index contributed by atoms with van der Waals surface area (Å²) in [5, 5.41) is 0.0317. The predicted octanol–water partition coefficient (Wildman–Crippen LogP) is 3.25. The molecule has 5 heteroatoms. The molecule has 0 radical (unpaired) electrons. The Hall–Kier alpha value is -1.49. The minimum Gasteiger partial charge on any atom is -0.464 e. The number of rotatable bonds is 7. The molecule has 0 aromatic heterocycles. The molecule has 3 rings (SSSR count). The Kier molecular flexibility index (Phi) is 5.82. The Morgan fingerprint density at radius 2 is 2.00 bits per heavy atom. The largest absolute Gasteiger partial charge is 0.464 e. The van der Waals surface area contributed by atoms with Gasteiger partial charge in [-0.1, -0.05) is 43.7 Å². The maximum Gasteiger partial charge on any atom is 0.329 e. The van der Waals surface area contributed by atoms with E-state index >= 15 is 0 Å². The average Bonchev–Trinajstić information content (AvgIpc) is 3.36. The van der Waals surface area contributed by atoms with E-state index in [2.05, 4.69) is 19.1 Å². The molecule has 130 valence electrons. The van der Waals surface area contributed by atoms with Crippen molar-refractivity contribution in [2.75, 3.05) is 12.4 Å². The lowest BCUT2D eigenvalue weighted by Crippen LogP contribution is -2.47. The maximum absolute atomic E-state index is 12.8. The van der Waals surface area contributed by atoms with Crippen LogP contribution in [0.3, 0.4) is 0 Å². The molecule has 1 aromatic carbocycles. The first-order valence-electron chi connectivity index (χ1n) is 8.85. The van der Waals surface area contributed by atoms with Crippen LogP contribution in [-0.2, 0) is 20.7 Å². The summed E-state index contributed by atoms with van der Waals surface area (Å²) >= 11 is 1.70. The molecule has 0 spiro atoms. The van der Waals surface area contributed by atoms with Crippen LogP contribution in [0.1, 0.15) is 38.2 Å². The average molecular weight is 347 g/mol. The summed E-state index contributed by atoms with van der Waals surface area (Å²) in [4.78, 5) is 27.0. The zero-order valence-corrected chi connectivity index (χ0v) is 15.0. The van der Waals surface area contributed by atoms with Crippen molar-refractivity contribution in [3.63, 3.8) is 0 Å². The van der Waals surface area contributed by atoms with Crippen molar-refractivity contribution in [2.45, 2.75) is 50.4 Å². The van der Waals surface area contributed by atoms with Gasteiger partial charge in [0.15, 0.2) is 0 Å². The van der Waals surface area contributed by atoms with Crippen LogP contribution in [0, 0.1) is 5.92 Å². The number of carbonyl (C=O) groups excluding carboxylic acids is 2. The van der Waals surface area contributed by atoms with Gasteiger partial charge in [-0.05, 0) is 24.8 Å². The molecule has 2 aliphatic rings. The van der Waals surface area contributed by atoms with Gasteiger partial charge in [-0.3, -0.25) is 4.79 Å². The molecule has 1 heterocycles. The van der Waals surface area contributed by atoms with Gasteiger partial charge >= 0.3 is 5.97 Å². The Balaban J connectivity index is 1.69. The predicted molar refractivity (Wildman–Crippen MR) is 95.6 cm³/mol. The van der Waals surface area contributed by atoms with Crippen molar-refractivity contribution in [3.05, 3.63) is 35.9 Å². The second-order valence-corrected chi connectivity index (χ2v) is 7.75. The van der Waals surface area contributed by atoms with Gasteiger partial charge in [-0.2, -0.15) is 0 Å². The summed E-state index contributed by atoms with van der Waals surface area (Å²) in [6, 6.07) is 9.75. The first kappa shape index (κ1) is 17.3. The van der Waals surface area contributed by atoms with E-state index < -0.39 is 6.04 Å². The van der Waals surface area contributed by atoms with Crippen molar-refractivity contribution >= 4 is 23.6 Å². The fourth-order valence-electron chi connectivity index (χ4n) is 2.97. The third-order valence-electron chi connectivity index (χ3n) is 4.54. The van der Waals surface area contributed by atoms with Crippen LogP contribution in [0.25, 0.3) is 0 Å². The number of benzene rings is 1. The molecule has 1 amide bonds. The van der Waals surface area contributed by atoms with Gasteiger partial charge in [-0.15, -0.1) is 11.8 Å². The number of nitrogens with zero attached hydrogens (tertiary/aromatic N) is 1. The Bertz CT molecular complexity index is 573. The molecule has 1 saturated carbocycles. The number of ether oxygens (including phenoxy) is 1. The van der Waals surface area contributed by atoms with Crippen molar-refractivity contribution in [1.82, 2.24) is 4.90 Å². The van der Waals surface area contributed by atoms with Gasteiger partial charge in [0.05, 0.1) is 12.0 Å². The molecule has 2 fully saturated rings. The molecule has 4 nitrogen and oxygen atoms in total. The molecule has 1 aliphatic heterocycles. The first-order chi connectivity index (χ1) is 11.7. The van der Waals surface area contributed by atoms with Gasteiger partial charge in [-0.25, -0.2) is 4.79 Å². The zero-order chi connectivity index (χ0) is 16.9. The summed E-state index contributed by atoms with van der Waals surface area (Å²) in [6.45, 7) is 2.52. The lowest BCUT2D eigenvalue weighted by atomic mass is 10.1. The van der Waals surface area contributed by atoms with Gasteiger partial charge < -0.3 is 9.64 Å². The molecule has 0 bridgehead atoms. The van der Waals surface area contributed by atoms with E-state index in [9.17, 15) is 9.59 Å². The molecule has 2 unspecified atom stereocenters. The number of esters is 1. The number of hydrogen-bond acceptors (Lipinski definition) is 4. The molecular formula is C19H25NO3S. The monoisotopic (exact) mass is 347 g/mol. The summed E-state index contributed by atoms with van der Waals surface area (Å²) in [6.07, 6.45) is 4.55. The lowest BCUT2D eigenvalue weighted by molar-refractivity contribution is -0.154. The molecular weight excluding hydrogens is 322 g/mol. The van der Waals surface area contributed by atoms with Crippen LogP contribution in [0.5, 0.6) is 0 Å². The van der Waals surface area contributed by atoms with E-state index in [0.29, 0.717) is 12.4 Å². The highest BCUT2D eigenvalue weighted by molar-refractivity contribution is 8.00. The van der Waals surface area contributed by atoms with Crippen LogP contribution < -0.4 is 0 Å². The van der Waals surface area contributed by atoms with E-state index in [0.717, 1.165) is 32.1 Å². The summed E-state index contributed by atoms with van der Waals surface area (Å²) in [7, 11) is 0. The molecule has 1 aromatic rings. The quantitative estimate of drug-likeness (QED) is 0.561. The number of amides is 1. The topological polar surface area (TPSA) is 46.6 Å². The molecule has 0 N–H and O–H groups in total. The summed E-state index contributed by atoms with van der Waals surface area (Å²) in [5.41, 5.74) is 1.20. The van der Waals surface area contributed by atoms with Crippen LogP contribution in [0.15, 0.2) is 30.3 Å². The second kappa shape index (κ2) is 8.06. The first-order valence-corrected chi connectivity index (χ1v) is 9.90. The number of unbranched alkanes of at least 4 members (excludes halogenated alkanes) is 1. The molecule has 1 saturated heterocycles. The fraction of sp³-hybridized carbons (Fsp3) is 0.579. The molecule has 24 heavy (non-hydrogen) atoms. The van der Waals surface area contributed by atoms with Crippen molar-refractivity contribution in [3.8, 4) is 0 Å². The lowest BCUT2D eigenvalue weighted by Gasteiger charge is -2.28. The van der Waals surface area contributed by atoms with Crippen LogP contribution in [0.4, 0.5) is 0 Å². The highest BCUT2D eigenvalue weighted by Gasteiger charge is 2.46. The smallest absolute Gasteiger partial charge is 0.329 e. The van der Waals surface area contributed by atoms with E-state index in [-0.39, 0.29) is 23.2 Å². The van der Waals surface area contributed by atoms with Gasteiger partial charge in [0.25, 0.3) is 0 Å². The van der Waals surface area contributed by atoms with E-state index in [1.54, 1.807) is 11.8 Å². The Morgan fingerprint density at radius 1 is 1.25 bits per heavy atom. The Labute approximate surface area is 147 Å². The minimum atomic E-state index is -0.423. The third kappa shape index (κ3) is 4.12. The van der Waals surface area contributed by atoms with Crippen LogP contribution in [-0.4, -0.2) is 40.6 Å². The zero-order valence-electron chi connectivity index (χ0n) is 14.1. The van der Waals surface area contributed by atoms with Gasteiger partial charge in [0.1, 0.15) is 6.04 Å². The number of hydrogen-bond donors (Lipinski definition) is 0. The molecule has 2 atom stereocenters. The highest BCUT2D eigenvalue weighted by Crippen LogP contribution is 2.39. The summed E-state index contributed by atoms with van der Waals surface area (Å²) in [5.74, 6) is 0.660. The second-order valence-electron chi connectivity index (χ2n) is 6.53. The summed E-state index contributed by atoms with van der Waals surface area (Å²) < 4.78 is 5.40. The standard InChI is InChI=1S/C19H25NO3S/c1-2-3-11-23-19(22)16-13-24-17(12-14-7-5-4-6-8-14)20(16)18(21)15-9-10-15/h4-8,15-17H,2-3,9-13H2,1H3. The Morgan fingerprint density at radius 3 is 2.67 bits per heavy atom. The van der Waals surface area contributed by atoms with Crippen molar-refractivity contribution in [2.24, 2.45) is 5.92 Å². The van der Waals surface area contributed by atoms with Crippen LogP contribution >= 0.6 is 11.8 Å². The maximum atomic E-state index is 12.8. The van der Waals surface area contributed by atoms with Crippen molar-refractivity contribution < 1.29 is 14.3 Å². The highest BCUT2D eigenvalue weighted by atomic mass is 32.2. The van der Waals surface area contributed by atoms with E-state index in [4.69, 9.17) is 4.74 Å². The number of thioether (sulfide) groups is 1. The van der Waals surface area contributed by atoms with E-state index in [1.807, 2.05) is 23.1 Å². The van der Waals surface area contributed by atoms with E-state index in [1.165, 1.54) is 5.56 Å². The van der Waals surface area contributed by atoms with Gasteiger partial charge in [0.2, 0.25) is 5.91 Å².